The molecule has 1 atom stereocenters. The number of hydrogen-bond acceptors (Lipinski definition) is 5. The summed E-state index contributed by atoms with van der Waals surface area (Å²) < 4.78 is 0. The third-order valence-corrected chi connectivity index (χ3v) is 3.87. The van der Waals surface area contributed by atoms with Crippen molar-refractivity contribution in [1.29, 1.82) is 0 Å². The van der Waals surface area contributed by atoms with Crippen LogP contribution in [-0.2, 0) is 11.4 Å². The Kier molecular flexibility index (Phi) is 5.23. The number of oxime groups is 1. The molecule has 0 fully saturated rings. The van der Waals surface area contributed by atoms with Gasteiger partial charge < -0.3 is 15.5 Å². The lowest BCUT2D eigenvalue weighted by molar-refractivity contribution is 0.0865. The molecule has 3 rings (SSSR count). The Labute approximate surface area is 146 Å². The molecule has 1 aliphatic heterocycles. The number of amides is 2. The molecule has 0 bridgehead atoms. The predicted molar refractivity (Wildman–Crippen MR) is 94.2 cm³/mol. The number of aryl methyl sites for hydroxylation is 2. The summed E-state index contributed by atoms with van der Waals surface area (Å²) in [5.41, 5.74) is 3.93. The summed E-state index contributed by atoms with van der Waals surface area (Å²) in [6, 6.07) is 9.67. The Hall–Kier alpha value is -2.96. The first kappa shape index (κ1) is 16.9. The summed E-state index contributed by atoms with van der Waals surface area (Å²) in [5, 5.41) is 9.69. The largest absolute Gasteiger partial charge is 0.390 e. The van der Waals surface area contributed by atoms with Crippen LogP contribution in [0.3, 0.4) is 0 Å². The molecule has 2 N–H and O–H groups in total. The van der Waals surface area contributed by atoms with E-state index in [0.717, 1.165) is 17.0 Å². The number of hydrogen-bond donors (Lipinski definition) is 2. The highest BCUT2D eigenvalue weighted by Gasteiger charge is 2.22. The topological polar surface area (TPSA) is 88.5 Å². The Balaban J connectivity index is 1.41. The van der Waals surface area contributed by atoms with Gasteiger partial charge in [-0.05, 0) is 25.5 Å². The van der Waals surface area contributed by atoms with E-state index in [0.29, 0.717) is 25.3 Å². The fraction of sp³-hybridized carbons (Fsp3) is 0.333. The first-order valence-corrected chi connectivity index (χ1v) is 8.20. The zero-order valence-electron chi connectivity index (χ0n) is 14.3. The number of rotatable bonds is 5. The SMILES string of the molecule is Cc1ccc(C2=NO[C@@H](CNC(=O)NCc3ccnc(C)n3)C2)cc1. The van der Waals surface area contributed by atoms with Gasteiger partial charge in [-0.15, -0.1) is 0 Å². The van der Waals surface area contributed by atoms with Crippen molar-refractivity contribution < 1.29 is 9.63 Å². The third-order valence-electron chi connectivity index (χ3n) is 3.87. The van der Waals surface area contributed by atoms with Crippen molar-refractivity contribution >= 4 is 11.7 Å². The summed E-state index contributed by atoms with van der Waals surface area (Å²) in [5.74, 6) is 0.680. The maximum Gasteiger partial charge on any atom is 0.315 e. The molecule has 0 unspecified atom stereocenters. The normalized spacial score (nSPS) is 16.1. The highest BCUT2D eigenvalue weighted by molar-refractivity contribution is 6.01. The zero-order chi connectivity index (χ0) is 17.6. The monoisotopic (exact) mass is 339 g/mol. The molecule has 7 heteroatoms. The number of nitrogens with zero attached hydrogens (tertiary/aromatic N) is 3. The van der Waals surface area contributed by atoms with E-state index in [1.54, 1.807) is 12.3 Å². The lowest BCUT2D eigenvalue weighted by Crippen LogP contribution is -2.39. The molecule has 1 aromatic carbocycles. The molecule has 2 amide bonds. The van der Waals surface area contributed by atoms with E-state index in [1.807, 2.05) is 38.1 Å². The van der Waals surface area contributed by atoms with Crippen molar-refractivity contribution in [3.05, 3.63) is 59.2 Å². The summed E-state index contributed by atoms with van der Waals surface area (Å²) >= 11 is 0. The standard InChI is InChI=1S/C18H21N5O2/c1-12-3-5-14(6-4-12)17-9-16(25-23-17)11-21-18(24)20-10-15-7-8-19-13(2)22-15/h3-8,16H,9-11H2,1-2H3,(H2,20,21,24)/t16-/m1/s1. The van der Waals surface area contributed by atoms with E-state index in [1.165, 1.54) is 5.56 Å². The number of aromatic nitrogens is 2. The molecule has 0 saturated carbocycles. The molecule has 0 saturated heterocycles. The second kappa shape index (κ2) is 7.74. The van der Waals surface area contributed by atoms with Crippen molar-refractivity contribution in [3.8, 4) is 0 Å². The minimum atomic E-state index is -0.261. The molecule has 130 valence electrons. The van der Waals surface area contributed by atoms with Gasteiger partial charge in [0.05, 0.1) is 24.5 Å². The maximum atomic E-state index is 11.9. The van der Waals surface area contributed by atoms with E-state index in [2.05, 4.69) is 25.8 Å². The third kappa shape index (κ3) is 4.76. The number of carbonyl (C=O) groups is 1. The van der Waals surface area contributed by atoms with E-state index >= 15 is 0 Å². The van der Waals surface area contributed by atoms with Gasteiger partial charge >= 0.3 is 6.03 Å². The first-order valence-electron chi connectivity index (χ1n) is 8.20. The number of carbonyl (C=O) groups excluding carboxylic acids is 1. The first-order chi connectivity index (χ1) is 12.1. The quantitative estimate of drug-likeness (QED) is 0.873. The average Bonchev–Trinajstić information content (AvgIpc) is 3.08. The fourth-order valence-electron chi connectivity index (χ4n) is 2.50. The van der Waals surface area contributed by atoms with Crippen molar-refractivity contribution in [2.24, 2.45) is 5.16 Å². The van der Waals surface area contributed by atoms with Crippen molar-refractivity contribution in [2.45, 2.75) is 32.9 Å². The molecule has 7 nitrogen and oxygen atoms in total. The van der Waals surface area contributed by atoms with Crippen LogP contribution in [0.2, 0.25) is 0 Å². The molecule has 2 heterocycles. The van der Waals surface area contributed by atoms with E-state index in [-0.39, 0.29) is 12.1 Å². The van der Waals surface area contributed by atoms with Gasteiger partial charge in [-0.25, -0.2) is 14.8 Å². The molecule has 2 aromatic rings. The van der Waals surface area contributed by atoms with Crippen LogP contribution >= 0.6 is 0 Å². The van der Waals surface area contributed by atoms with Crippen molar-refractivity contribution in [2.75, 3.05) is 6.54 Å². The minimum Gasteiger partial charge on any atom is -0.390 e. The molecule has 1 aromatic heterocycles. The minimum absolute atomic E-state index is 0.150. The van der Waals surface area contributed by atoms with E-state index in [9.17, 15) is 4.79 Å². The molecule has 0 spiro atoms. The van der Waals surface area contributed by atoms with E-state index in [4.69, 9.17) is 4.84 Å². The van der Waals surface area contributed by atoms with Crippen LogP contribution in [0.25, 0.3) is 0 Å². The van der Waals surface area contributed by atoms with Gasteiger partial charge in [0.2, 0.25) is 0 Å². The van der Waals surface area contributed by atoms with Gasteiger partial charge in [0.1, 0.15) is 5.82 Å². The average molecular weight is 339 g/mol. The second-order valence-electron chi connectivity index (χ2n) is 5.99. The lowest BCUT2D eigenvalue weighted by Gasteiger charge is -2.11. The molecule has 1 aliphatic rings. The van der Waals surface area contributed by atoms with Crippen molar-refractivity contribution in [3.63, 3.8) is 0 Å². The summed E-state index contributed by atoms with van der Waals surface area (Å²) in [6.45, 7) is 4.61. The maximum absolute atomic E-state index is 11.9. The predicted octanol–water partition coefficient (Wildman–Crippen LogP) is 2.09. The van der Waals surface area contributed by atoms with Crippen LogP contribution in [0.15, 0.2) is 41.7 Å². The highest BCUT2D eigenvalue weighted by atomic mass is 16.6. The van der Waals surface area contributed by atoms with Gasteiger partial charge in [0.15, 0.2) is 6.10 Å². The van der Waals surface area contributed by atoms with Gasteiger partial charge in [0, 0.05) is 12.6 Å². The summed E-state index contributed by atoms with van der Waals surface area (Å²) in [7, 11) is 0. The number of nitrogens with one attached hydrogen (secondary N) is 2. The van der Waals surface area contributed by atoms with Gasteiger partial charge in [-0.3, -0.25) is 0 Å². The second-order valence-corrected chi connectivity index (χ2v) is 5.99. The number of benzene rings is 1. The van der Waals surface area contributed by atoms with Crippen molar-refractivity contribution in [1.82, 2.24) is 20.6 Å². The van der Waals surface area contributed by atoms with Crippen LogP contribution in [0, 0.1) is 13.8 Å². The molecule has 25 heavy (non-hydrogen) atoms. The van der Waals surface area contributed by atoms with E-state index < -0.39 is 0 Å². The molecular weight excluding hydrogens is 318 g/mol. The van der Waals surface area contributed by atoms with Crippen LogP contribution in [0.1, 0.15) is 29.1 Å². The van der Waals surface area contributed by atoms with Gasteiger partial charge in [-0.1, -0.05) is 35.0 Å². The zero-order valence-corrected chi connectivity index (χ0v) is 14.3. The van der Waals surface area contributed by atoms with Gasteiger partial charge in [0.25, 0.3) is 0 Å². The molecular formula is C18H21N5O2. The molecule has 0 aliphatic carbocycles. The summed E-state index contributed by atoms with van der Waals surface area (Å²) in [6.07, 6.45) is 2.20. The summed E-state index contributed by atoms with van der Waals surface area (Å²) in [4.78, 5) is 25.6. The molecule has 0 radical (unpaired) electrons. The van der Waals surface area contributed by atoms with Crippen LogP contribution in [0.4, 0.5) is 4.79 Å². The Morgan fingerprint density at radius 3 is 2.76 bits per heavy atom. The Morgan fingerprint density at radius 2 is 2.00 bits per heavy atom. The smallest absolute Gasteiger partial charge is 0.315 e. The van der Waals surface area contributed by atoms with Crippen LogP contribution in [0.5, 0.6) is 0 Å². The Morgan fingerprint density at radius 1 is 1.20 bits per heavy atom. The van der Waals surface area contributed by atoms with Crippen LogP contribution in [-0.4, -0.2) is 34.4 Å². The van der Waals surface area contributed by atoms with Gasteiger partial charge in [-0.2, -0.15) is 0 Å². The lowest BCUT2D eigenvalue weighted by atomic mass is 10.0. The Bertz CT molecular complexity index is 773. The van der Waals surface area contributed by atoms with Crippen LogP contribution < -0.4 is 10.6 Å². The fourth-order valence-corrected chi connectivity index (χ4v) is 2.50. The number of urea groups is 1. The highest BCUT2D eigenvalue weighted by Crippen LogP contribution is 2.16.